The number of likely N-dealkylation sites (N-methyl/N-ethyl adjacent to an activating group) is 1. The Hall–Kier alpha value is -1.26. The molecular formula is C8H15NO4. The number of hydrogen-bond acceptors (Lipinski definition) is 4. The van der Waals surface area contributed by atoms with E-state index in [4.69, 9.17) is 0 Å². The van der Waals surface area contributed by atoms with Crippen LogP contribution in [0.4, 0.5) is 4.79 Å². The van der Waals surface area contributed by atoms with Crippen molar-refractivity contribution in [2.45, 2.75) is 20.0 Å². The van der Waals surface area contributed by atoms with Gasteiger partial charge >= 0.3 is 6.16 Å². The van der Waals surface area contributed by atoms with Gasteiger partial charge < -0.3 is 14.4 Å². The number of ether oxygens (including phenoxy) is 2. The minimum absolute atomic E-state index is 0.238. The van der Waals surface area contributed by atoms with Gasteiger partial charge in [-0.1, -0.05) is 0 Å². The molecule has 0 radical (unpaired) electrons. The molecule has 0 spiro atoms. The van der Waals surface area contributed by atoms with Gasteiger partial charge in [-0.3, -0.25) is 4.79 Å². The molecule has 0 aliphatic carbocycles. The lowest BCUT2D eigenvalue weighted by Gasteiger charge is -2.16. The summed E-state index contributed by atoms with van der Waals surface area (Å²) in [4.78, 5) is 23.3. The fourth-order valence-corrected chi connectivity index (χ4v) is 0.710. The van der Waals surface area contributed by atoms with E-state index >= 15 is 0 Å². The van der Waals surface area contributed by atoms with Gasteiger partial charge in [0.1, 0.15) is 0 Å². The van der Waals surface area contributed by atoms with Crippen molar-refractivity contribution < 1.29 is 19.1 Å². The summed E-state index contributed by atoms with van der Waals surface area (Å²) in [7, 11) is 3.18. The maximum Gasteiger partial charge on any atom is 0.509 e. The summed E-state index contributed by atoms with van der Waals surface area (Å²) in [5.74, 6) is -0.270. The lowest BCUT2D eigenvalue weighted by molar-refractivity contribution is -0.138. The highest BCUT2D eigenvalue weighted by Gasteiger charge is 2.19. The summed E-state index contributed by atoms with van der Waals surface area (Å²) < 4.78 is 9.17. The van der Waals surface area contributed by atoms with Gasteiger partial charge in [-0.2, -0.15) is 0 Å². The summed E-state index contributed by atoms with van der Waals surface area (Å²) in [6, 6.07) is 0. The van der Waals surface area contributed by atoms with E-state index in [1.54, 1.807) is 21.0 Å². The van der Waals surface area contributed by atoms with E-state index in [1.165, 1.54) is 11.8 Å². The summed E-state index contributed by atoms with van der Waals surface area (Å²) in [5, 5.41) is 0. The van der Waals surface area contributed by atoms with Crippen LogP contribution in [0.1, 0.15) is 13.8 Å². The number of amides is 1. The Bertz CT molecular complexity index is 191. The number of rotatable bonds is 3. The number of carbonyl (C=O) groups is 2. The number of nitrogens with zero attached hydrogens (tertiary/aromatic N) is 1. The Morgan fingerprint density at radius 3 is 2.31 bits per heavy atom. The number of carbonyl (C=O) groups excluding carboxylic acids is 2. The molecule has 0 aromatic carbocycles. The zero-order chi connectivity index (χ0) is 10.4. The van der Waals surface area contributed by atoms with Crippen LogP contribution >= 0.6 is 0 Å². The van der Waals surface area contributed by atoms with Gasteiger partial charge in [-0.05, 0) is 13.8 Å². The molecule has 1 amide bonds. The lowest BCUT2D eigenvalue weighted by Crippen LogP contribution is -2.35. The molecule has 0 saturated carbocycles. The minimum atomic E-state index is -0.815. The molecule has 0 saturated heterocycles. The molecule has 1 atom stereocenters. The van der Waals surface area contributed by atoms with E-state index < -0.39 is 12.3 Å². The van der Waals surface area contributed by atoms with Gasteiger partial charge in [0, 0.05) is 14.1 Å². The van der Waals surface area contributed by atoms with Crippen LogP contribution in [0.5, 0.6) is 0 Å². The predicted octanol–water partition coefficient (Wildman–Crippen LogP) is 0.636. The Morgan fingerprint density at radius 2 is 1.92 bits per heavy atom. The second-order valence-corrected chi connectivity index (χ2v) is 2.68. The van der Waals surface area contributed by atoms with Gasteiger partial charge in [0.2, 0.25) is 0 Å². The van der Waals surface area contributed by atoms with Crippen molar-refractivity contribution in [1.29, 1.82) is 0 Å². The SMILES string of the molecule is CCOC(=O)O[C@@H](C)C(=O)N(C)C. The maximum atomic E-state index is 11.2. The molecular weight excluding hydrogens is 174 g/mol. The van der Waals surface area contributed by atoms with Crippen LogP contribution in [-0.4, -0.2) is 43.8 Å². The van der Waals surface area contributed by atoms with Gasteiger partial charge in [-0.25, -0.2) is 4.79 Å². The third kappa shape index (κ3) is 4.35. The fourth-order valence-electron chi connectivity index (χ4n) is 0.710. The molecule has 5 heteroatoms. The quantitative estimate of drug-likeness (QED) is 0.611. The first-order chi connectivity index (χ1) is 5.99. The monoisotopic (exact) mass is 189 g/mol. The first kappa shape index (κ1) is 11.7. The summed E-state index contributed by atoms with van der Waals surface area (Å²) >= 11 is 0. The predicted molar refractivity (Wildman–Crippen MR) is 46.3 cm³/mol. The number of hydrogen-bond donors (Lipinski definition) is 0. The molecule has 0 rings (SSSR count). The van der Waals surface area contributed by atoms with E-state index in [2.05, 4.69) is 9.47 Å². The molecule has 0 unspecified atom stereocenters. The van der Waals surface area contributed by atoms with Crippen LogP contribution in [0.2, 0.25) is 0 Å². The third-order valence-corrected chi connectivity index (χ3v) is 1.32. The second-order valence-electron chi connectivity index (χ2n) is 2.68. The Balaban J connectivity index is 3.92. The van der Waals surface area contributed by atoms with Crippen molar-refractivity contribution in [3.05, 3.63) is 0 Å². The molecule has 0 aliphatic rings. The first-order valence-electron chi connectivity index (χ1n) is 4.03. The maximum absolute atomic E-state index is 11.2. The normalized spacial score (nSPS) is 11.7. The van der Waals surface area contributed by atoms with E-state index in [0.717, 1.165) is 0 Å². The van der Waals surface area contributed by atoms with E-state index in [1.807, 2.05) is 0 Å². The molecule has 0 N–H and O–H groups in total. The van der Waals surface area contributed by atoms with Crippen molar-refractivity contribution in [2.75, 3.05) is 20.7 Å². The van der Waals surface area contributed by atoms with Crippen molar-refractivity contribution in [3.8, 4) is 0 Å². The van der Waals surface area contributed by atoms with Crippen molar-refractivity contribution in [3.63, 3.8) is 0 Å². The van der Waals surface area contributed by atoms with Crippen LogP contribution in [0, 0.1) is 0 Å². The topological polar surface area (TPSA) is 55.8 Å². The fraction of sp³-hybridized carbons (Fsp3) is 0.750. The lowest BCUT2D eigenvalue weighted by atomic mass is 10.3. The summed E-state index contributed by atoms with van der Waals surface area (Å²) in [6.45, 7) is 3.40. The highest BCUT2D eigenvalue weighted by molar-refractivity contribution is 5.81. The largest absolute Gasteiger partial charge is 0.509 e. The van der Waals surface area contributed by atoms with Crippen molar-refractivity contribution in [2.24, 2.45) is 0 Å². The first-order valence-corrected chi connectivity index (χ1v) is 4.03. The Morgan fingerprint density at radius 1 is 1.38 bits per heavy atom. The molecule has 0 fully saturated rings. The molecule has 5 nitrogen and oxygen atoms in total. The molecule has 0 aromatic rings. The summed E-state index contributed by atoms with van der Waals surface area (Å²) in [6.07, 6.45) is -1.61. The Kier molecular flexibility index (Phi) is 4.87. The van der Waals surface area contributed by atoms with Crippen LogP contribution in [0.15, 0.2) is 0 Å². The van der Waals surface area contributed by atoms with Crippen LogP contribution in [-0.2, 0) is 14.3 Å². The van der Waals surface area contributed by atoms with Gasteiger partial charge in [0.25, 0.3) is 5.91 Å². The van der Waals surface area contributed by atoms with Crippen LogP contribution < -0.4 is 0 Å². The van der Waals surface area contributed by atoms with E-state index in [-0.39, 0.29) is 12.5 Å². The van der Waals surface area contributed by atoms with Crippen LogP contribution in [0.3, 0.4) is 0 Å². The molecule has 13 heavy (non-hydrogen) atoms. The Labute approximate surface area is 77.6 Å². The second kappa shape index (κ2) is 5.40. The highest BCUT2D eigenvalue weighted by atomic mass is 16.7. The zero-order valence-electron chi connectivity index (χ0n) is 8.36. The van der Waals surface area contributed by atoms with Gasteiger partial charge in [0.15, 0.2) is 6.10 Å². The highest BCUT2D eigenvalue weighted by Crippen LogP contribution is 1.97. The van der Waals surface area contributed by atoms with Crippen LogP contribution in [0.25, 0.3) is 0 Å². The summed E-state index contributed by atoms with van der Waals surface area (Å²) in [5.41, 5.74) is 0. The standard InChI is InChI=1S/C8H15NO4/c1-5-12-8(11)13-6(2)7(10)9(3)4/h6H,5H2,1-4H3/t6-/m0/s1. The average Bonchev–Trinajstić information content (AvgIpc) is 2.03. The molecule has 0 heterocycles. The molecule has 76 valence electrons. The minimum Gasteiger partial charge on any atom is -0.435 e. The molecule has 0 aliphatic heterocycles. The van der Waals surface area contributed by atoms with E-state index in [9.17, 15) is 9.59 Å². The van der Waals surface area contributed by atoms with E-state index in [0.29, 0.717) is 0 Å². The smallest absolute Gasteiger partial charge is 0.435 e. The van der Waals surface area contributed by atoms with Gasteiger partial charge in [0.05, 0.1) is 6.61 Å². The van der Waals surface area contributed by atoms with Gasteiger partial charge in [-0.15, -0.1) is 0 Å². The van der Waals surface area contributed by atoms with Crippen molar-refractivity contribution in [1.82, 2.24) is 4.90 Å². The average molecular weight is 189 g/mol. The molecule has 0 aromatic heterocycles. The molecule has 0 bridgehead atoms. The van der Waals surface area contributed by atoms with Crippen molar-refractivity contribution >= 4 is 12.1 Å². The third-order valence-electron chi connectivity index (χ3n) is 1.32. The zero-order valence-corrected chi connectivity index (χ0v) is 8.36.